The fourth-order valence-corrected chi connectivity index (χ4v) is 2.40. The van der Waals surface area contributed by atoms with Crippen molar-refractivity contribution in [3.8, 4) is 0 Å². The Morgan fingerprint density at radius 1 is 0.302 bits per heavy atom. The molecule has 0 aliphatic heterocycles. The first-order valence-electron chi connectivity index (χ1n) is 28.9. The fourth-order valence-electron chi connectivity index (χ4n) is 2.40. The normalized spacial score (nSPS) is 9.71. The first-order chi connectivity index (χ1) is 28.9. The van der Waals surface area contributed by atoms with Crippen LogP contribution in [-0.4, -0.2) is 0 Å². The average Bonchev–Trinajstić information content (AvgIpc) is 3.18. The fraction of sp³-hybridized carbons (Fsp3) is 1.00. The maximum atomic E-state index is 2.28. The highest BCUT2D eigenvalue weighted by Crippen LogP contribution is 2.16. The Labute approximate surface area is 414 Å². The second-order valence-corrected chi connectivity index (χ2v) is 22.9. The van der Waals surface area contributed by atoms with Crippen LogP contribution < -0.4 is 0 Å². The van der Waals surface area contributed by atoms with Crippen molar-refractivity contribution in [2.75, 3.05) is 0 Å². The molecule has 0 aliphatic rings. The van der Waals surface area contributed by atoms with Crippen LogP contribution in [0.25, 0.3) is 0 Å². The molecule has 0 amide bonds. The summed E-state index contributed by atoms with van der Waals surface area (Å²) in [7, 11) is 0. The molecule has 0 saturated heterocycles. The summed E-state index contributed by atoms with van der Waals surface area (Å²) in [5.41, 5.74) is 1.04. The summed E-state index contributed by atoms with van der Waals surface area (Å²) in [5.74, 6) is 5.25. The minimum atomic E-state index is 0.500. The van der Waals surface area contributed by atoms with Crippen molar-refractivity contribution in [3.05, 3.63) is 0 Å². The molecular formula is C63H150. The number of hydrogen-bond donors (Lipinski definition) is 0. The molecule has 0 heteroatoms. The Balaban J connectivity index is -0.0000000453. The van der Waals surface area contributed by atoms with Gasteiger partial charge in [-0.15, -0.1) is 0 Å². The van der Waals surface area contributed by atoms with Gasteiger partial charge in [-0.25, -0.2) is 0 Å². The summed E-state index contributed by atoms with van der Waals surface area (Å²) in [6.45, 7) is 75.3. The number of hydrogen-bond acceptors (Lipinski definition) is 0. The minimum absolute atomic E-state index is 0.500. The van der Waals surface area contributed by atoms with E-state index in [1.807, 2.05) is 0 Å². The van der Waals surface area contributed by atoms with Crippen LogP contribution in [0.2, 0.25) is 0 Å². The Hall–Kier alpha value is 0. The lowest BCUT2D eigenvalue weighted by atomic mass is 9.94. The van der Waals surface area contributed by atoms with E-state index >= 15 is 0 Å². The van der Waals surface area contributed by atoms with Crippen molar-refractivity contribution >= 4 is 0 Å². The summed E-state index contributed by atoms with van der Waals surface area (Å²) in [6, 6.07) is 0. The SMILES string of the molecule is CC(C)(C)C.CC(C)C.CC(C)C(C)C.CCC.CCC(C)(C)C.CCC(C)C.CCC(C)CC.CCCC.CCCC(C)C.CCCCC.CCCCCC.CCCCCCC. The molecule has 0 radical (unpaired) electrons. The van der Waals surface area contributed by atoms with Gasteiger partial charge in [-0.2, -0.15) is 0 Å². The Kier molecular flexibility index (Phi) is 131. The molecule has 0 aliphatic carbocycles. The van der Waals surface area contributed by atoms with Gasteiger partial charge in [0.05, 0.1) is 0 Å². The van der Waals surface area contributed by atoms with E-state index in [-0.39, 0.29) is 0 Å². The van der Waals surface area contributed by atoms with E-state index in [1.54, 1.807) is 0 Å². The quantitative estimate of drug-likeness (QED) is 0.135. The van der Waals surface area contributed by atoms with E-state index in [4.69, 9.17) is 0 Å². The van der Waals surface area contributed by atoms with Crippen LogP contribution in [0.5, 0.6) is 0 Å². The standard InChI is InChI=1S/C7H16.5C6H14.3C5H12.2C4H10.C3H8/c1-3-5-7-6-4-2;1-5-6(2,3)4;1-5(2)6(3)4;1-4-5-6(2)3;1-4-6(3)5-2;1-3-5-6-4-2;1-5(2,3)4;1-4-5(2)3;1-3-5-4-2;1-4(2)3;1-3-4-2;1-3-2/h3-7H2,1-2H3;5H2,1-4H3;5-6H,1-4H3;2*6H,4-5H2,1-3H3;3-6H2,1-2H3;1-4H3;5H,4H2,1-3H3;3-5H2,1-2H3;4H,1-3H3;3-4H2,1-2H3;3H2,1-2H3. The van der Waals surface area contributed by atoms with Gasteiger partial charge >= 0.3 is 0 Å². The van der Waals surface area contributed by atoms with Crippen LogP contribution in [0.3, 0.4) is 0 Å². The van der Waals surface area contributed by atoms with E-state index < -0.39 is 0 Å². The van der Waals surface area contributed by atoms with Crippen LogP contribution in [-0.2, 0) is 0 Å². The van der Waals surface area contributed by atoms with Crippen molar-refractivity contribution in [2.24, 2.45) is 46.3 Å². The molecule has 0 unspecified atom stereocenters. The summed E-state index contributed by atoms with van der Waals surface area (Å²) >= 11 is 0. The van der Waals surface area contributed by atoms with Gasteiger partial charge in [0.15, 0.2) is 0 Å². The molecule has 0 rings (SSSR count). The lowest BCUT2D eigenvalue weighted by Crippen LogP contribution is -2.00. The van der Waals surface area contributed by atoms with Gasteiger partial charge in [-0.05, 0) is 46.3 Å². The zero-order valence-corrected chi connectivity index (χ0v) is 53.3. The van der Waals surface area contributed by atoms with Gasteiger partial charge in [0.25, 0.3) is 0 Å². The Bertz CT molecular complexity index is 519. The number of unbranched alkanes of at least 4 members (excludes halogenated alkanes) is 10. The predicted molar refractivity (Wildman–Crippen MR) is 316 cm³/mol. The number of rotatable bonds is 16. The van der Waals surface area contributed by atoms with Gasteiger partial charge in [0, 0.05) is 0 Å². The van der Waals surface area contributed by atoms with Gasteiger partial charge < -0.3 is 0 Å². The molecule has 0 bridgehead atoms. The third-order valence-corrected chi connectivity index (χ3v) is 8.84. The second kappa shape index (κ2) is 88.7. The van der Waals surface area contributed by atoms with Crippen molar-refractivity contribution < 1.29 is 0 Å². The first kappa shape index (κ1) is 93.1. The topological polar surface area (TPSA) is 0 Å². The zero-order chi connectivity index (χ0) is 53.3. The van der Waals surface area contributed by atoms with Gasteiger partial charge in [-0.1, -0.05) is 370 Å². The molecule has 0 saturated carbocycles. The molecule has 0 aromatic rings. The Morgan fingerprint density at radius 2 is 0.508 bits per heavy atom. The van der Waals surface area contributed by atoms with Crippen LogP contribution in [0.4, 0.5) is 0 Å². The molecule has 0 nitrogen and oxygen atoms in total. The summed E-state index contributed by atoms with van der Waals surface area (Å²) in [5, 5.41) is 0. The molecule has 402 valence electrons. The van der Waals surface area contributed by atoms with E-state index in [1.165, 1.54) is 135 Å². The molecule has 0 N–H and O–H groups in total. The largest absolute Gasteiger partial charge is 0.0656 e. The summed E-state index contributed by atoms with van der Waals surface area (Å²) in [6.07, 6.45) is 28.5. The van der Waals surface area contributed by atoms with E-state index in [9.17, 15) is 0 Å². The van der Waals surface area contributed by atoms with Gasteiger partial charge in [0.1, 0.15) is 0 Å². The molecule has 0 atom stereocenters. The average molecular weight is 908 g/mol. The first-order valence-corrected chi connectivity index (χ1v) is 28.9. The van der Waals surface area contributed by atoms with Crippen LogP contribution in [0, 0.1) is 46.3 Å². The van der Waals surface area contributed by atoms with Gasteiger partial charge in [0.2, 0.25) is 0 Å². The third-order valence-electron chi connectivity index (χ3n) is 8.84. The van der Waals surface area contributed by atoms with Crippen molar-refractivity contribution in [3.63, 3.8) is 0 Å². The smallest absolute Gasteiger partial charge is 0.0385 e. The predicted octanol–water partition coefficient (Wildman–Crippen LogP) is 26.4. The van der Waals surface area contributed by atoms with Gasteiger partial charge in [-0.3, -0.25) is 0 Å². The van der Waals surface area contributed by atoms with Crippen LogP contribution in [0.15, 0.2) is 0 Å². The molecule has 0 aromatic heterocycles. The van der Waals surface area contributed by atoms with Crippen LogP contribution >= 0.6 is 0 Å². The summed E-state index contributed by atoms with van der Waals surface area (Å²) < 4.78 is 0. The molecule has 63 heavy (non-hydrogen) atoms. The molecule has 0 aromatic carbocycles. The monoisotopic (exact) mass is 907 g/mol. The molecular weight excluding hydrogens is 757 g/mol. The molecule has 0 heterocycles. The highest BCUT2D eigenvalue weighted by Gasteiger charge is 2.03. The highest BCUT2D eigenvalue weighted by molar-refractivity contribution is 4.55. The third kappa shape index (κ3) is 330. The molecule has 0 spiro atoms. The lowest BCUT2D eigenvalue weighted by molar-refractivity contribution is 0.398. The second-order valence-electron chi connectivity index (χ2n) is 22.9. The maximum absolute atomic E-state index is 2.28. The van der Waals surface area contributed by atoms with E-state index in [0.29, 0.717) is 10.8 Å². The highest BCUT2D eigenvalue weighted by atomic mass is 14.1. The lowest BCUT2D eigenvalue weighted by Gasteiger charge is -2.12. The maximum Gasteiger partial charge on any atom is -0.0385 e. The summed E-state index contributed by atoms with van der Waals surface area (Å²) in [4.78, 5) is 0. The van der Waals surface area contributed by atoms with E-state index in [2.05, 4.69) is 235 Å². The van der Waals surface area contributed by atoms with Crippen molar-refractivity contribution in [1.82, 2.24) is 0 Å². The molecule has 0 fully saturated rings. The van der Waals surface area contributed by atoms with Crippen LogP contribution in [0.1, 0.15) is 370 Å². The van der Waals surface area contributed by atoms with Crippen molar-refractivity contribution in [1.29, 1.82) is 0 Å². The Morgan fingerprint density at radius 3 is 0.556 bits per heavy atom. The van der Waals surface area contributed by atoms with Crippen molar-refractivity contribution in [2.45, 2.75) is 370 Å². The van der Waals surface area contributed by atoms with E-state index in [0.717, 1.165) is 35.5 Å². The zero-order valence-electron chi connectivity index (χ0n) is 53.3. The minimum Gasteiger partial charge on any atom is -0.0656 e.